The van der Waals surface area contributed by atoms with E-state index in [0.717, 1.165) is 12.5 Å². The molecule has 1 aliphatic heterocycles. The van der Waals surface area contributed by atoms with Crippen molar-refractivity contribution < 1.29 is 5.11 Å². The largest absolute Gasteiger partial charge is 0.393 e. The van der Waals surface area contributed by atoms with E-state index in [1.165, 1.54) is 77.4 Å². The van der Waals surface area contributed by atoms with Crippen LogP contribution in [0.25, 0.3) is 0 Å². The summed E-state index contributed by atoms with van der Waals surface area (Å²) in [6.07, 6.45) is 13.1. The first-order valence-electron chi connectivity index (χ1n) is 9.91. The van der Waals surface area contributed by atoms with Crippen LogP contribution in [0.4, 0.5) is 0 Å². The summed E-state index contributed by atoms with van der Waals surface area (Å²) in [5.41, 5.74) is 0. The second-order valence-electron chi connectivity index (χ2n) is 8.20. The number of likely N-dealkylation sites (tertiary alicyclic amines) is 1. The van der Waals surface area contributed by atoms with E-state index < -0.39 is 0 Å². The minimum atomic E-state index is -0.0260. The van der Waals surface area contributed by atoms with E-state index in [4.69, 9.17) is 0 Å². The maximum Gasteiger partial charge on any atom is 0.0571 e. The molecule has 0 aromatic rings. The molecule has 3 nitrogen and oxygen atoms in total. The number of aliphatic hydroxyl groups excluding tert-OH is 1. The van der Waals surface area contributed by atoms with Gasteiger partial charge < -0.3 is 15.3 Å². The van der Waals surface area contributed by atoms with Crippen LogP contribution in [0.5, 0.6) is 0 Å². The number of hydrogen-bond donors (Lipinski definition) is 2. The third-order valence-corrected chi connectivity index (χ3v) is 5.97. The topological polar surface area (TPSA) is 35.5 Å². The molecule has 0 bridgehead atoms. The Kier molecular flexibility index (Phi) is 6.17. The lowest BCUT2D eigenvalue weighted by molar-refractivity contribution is 0.0714. The summed E-state index contributed by atoms with van der Waals surface area (Å²) >= 11 is 0. The third kappa shape index (κ3) is 4.94. The summed E-state index contributed by atoms with van der Waals surface area (Å²) in [5, 5.41) is 14.3. The molecule has 3 rings (SSSR count). The summed E-state index contributed by atoms with van der Waals surface area (Å²) in [7, 11) is 0. The number of hydrogen-bond acceptors (Lipinski definition) is 3. The second-order valence-corrected chi connectivity index (χ2v) is 8.20. The molecular weight excluding hydrogens is 272 g/mol. The minimum Gasteiger partial charge on any atom is -0.393 e. The molecule has 2 N–H and O–H groups in total. The van der Waals surface area contributed by atoms with Crippen LogP contribution < -0.4 is 5.32 Å². The van der Waals surface area contributed by atoms with Crippen molar-refractivity contribution in [3.8, 4) is 0 Å². The first-order chi connectivity index (χ1) is 10.7. The van der Waals surface area contributed by atoms with Crippen molar-refractivity contribution in [1.29, 1.82) is 0 Å². The number of rotatable bonds is 7. The van der Waals surface area contributed by atoms with Crippen molar-refractivity contribution in [2.45, 2.75) is 89.3 Å². The fraction of sp³-hybridized carbons (Fsp3) is 1.00. The third-order valence-electron chi connectivity index (χ3n) is 5.97. The lowest BCUT2D eigenvalue weighted by Crippen LogP contribution is -2.52. The van der Waals surface area contributed by atoms with E-state index in [2.05, 4.69) is 17.1 Å². The van der Waals surface area contributed by atoms with E-state index in [1.54, 1.807) is 0 Å². The van der Waals surface area contributed by atoms with Gasteiger partial charge in [0, 0.05) is 25.2 Å². The van der Waals surface area contributed by atoms with Crippen LogP contribution in [0.3, 0.4) is 0 Å². The van der Waals surface area contributed by atoms with Gasteiger partial charge in [0.25, 0.3) is 0 Å². The molecule has 1 heterocycles. The van der Waals surface area contributed by atoms with Crippen LogP contribution in [-0.2, 0) is 0 Å². The highest BCUT2D eigenvalue weighted by Crippen LogP contribution is 2.36. The molecule has 0 aromatic carbocycles. The average molecular weight is 309 g/mol. The van der Waals surface area contributed by atoms with Crippen molar-refractivity contribution in [3.05, 3.63) is 0 Å². The van der Waals surface area contributed by atoms with E-state index in [-0.39, 0.29) is 6.10 Å². The van der Waals surface area contributed by atoms with Gasteiger partial charge in [0.2, 0.25) is 0 Å². The molecule has 3 atom stereocenters. The quantitative estimate of drug-likeness (QED) is 0.758. The smallest absolute Gasteiger partial charge is 0.0571 e. The lowest BCUT2D eigenvalue weighted by Gasteiger charge is -2.41. The van der Waals surface area contributed by atoms with E-state index in [9.17, 15) is 5.11 Å². The van der Waals surface area contributed by atoms with Gasteiger partial charge in [-0.3, -0.25) is 0 Å². The van der Waals surface area contributed by atoms with Gasteiger partial charge in [-0.1, -0.05) is 26.2 Å². The Morgan fingerprint density at radius 3 is 2.50 bits per heavy atom. The van der Waals surface area contributed by atoms with Gasteiger partial charge >= 0.3 is 0 Å². The van der Waals surface area contributed by atoms with E-state index in [0.29, 0.717) is 17.9 Å². The number of piperidine rings is 1. The summed E-state index contributed by atoms with van der Waals surface area (Å²) < 4.78 is 0. The van der Waals surface area contributed by atoms with Gasteiger partial charge in [-0.05, 0) is 63.3 Å². The SMILES string of the molecule is CCCN1CC(CC(O)C2CC2)CC(NC2CCCCC2)C1. The molecule has 0 spiro atoms. The molecule has 2 aliphatic carbocycles. The fourth-order valence-corrected chi connectivity index (χ4v) is 4.71. The molecule has 128 valence electrons. The summed E-state index contributed by atoms with van der Waals surface area (Å²) in [5.74, 6) is 1.32. The molecule has 0 aromatic heterocycles. The molecule has 3 aliphatic rings. The highest BCUT2D eigenvalue weighted by molar-refractivity contribution is 4.90. The van der Waals surface area contributed by atoms with Crippen LogP contribution >= 0.6 is 0 Å². The molecular formula is C19H36N2O. The van der Waals surface area contributed by atoms with Crippen molar-refractivity contribution >= 4 is 0 Å². The lowest BCUT2D eigenvalue weighted by atomic mass is 9.87. The molecule has 3 unspecified atom stereocenters. The van der Waals surface area contributed by atoms with Gasteiger partial charge in [0.1, 0.15) is 0 Å². The van der Waals surface area contributed by atoms with E-state index >= 15 is 0 Å². The zero-order chi connectivity index (χ0) is 15.4. The van der Waals surface area contributed by atoms with Crippen molar-refractivity contribution in [2.24, 2.45) is 11.8 Å². The zero-order valence-corrected chi connectivity index (χ0v) is 14.5. The first-order valence-corrected chi connectivity index (χ1v) is 9.91. The Balaban J connectivity index is 1.51. The highest BCUT2D eigenvalue weighted by atomic mass is 16.3. The van der Waals surface area contributed by atoms with Crippen molar-refractivity contribution in [2.75, 3.05) is 19.6 Å². The molecule has 3 fully saturated rings. The van der Waals surface area contributed by atoms with Crippen molar-refractivity contribution in [1.82, 2.24) is 10.2 Å². The van der Waals surface area contributed by atoms with Crippen LogP contribution in [0.2, 0.25) is 0 Å². The Hall–Kier alpha value is -0.120. The minimum absolute atomic E-state index is 0.0260. The van der Waals surface area contributed by atoms with Gasteiger partial charge in [-0.2, -0.15) is 0 Å². The average Bonchev–Trinajstić information content (AvgIpc) is 3.33. The molecule has 3 heteroatoms. The fourth-order valence-electron chi connectivity index (χ4n) is 4.71. The van der Waals surface area contributed by atoms with Gasteiger partial charge in [0.15, 0.2) is 0 Å². The van der Waals surface area contributed by atoms with Crippen LogP contribution in [-0.4, -0.2) is 47.8 Å². The number of nitrogens with one attached hydrogen (secondary N) is 1. The molecule has 1 saturated heterocycles. The monoisotopic (exact) mass is 308 g/mol. The zero-order valence-electron chi connectivity index (χ0n) is 14.5. The Labute approximate surface area is 136 Å². The molecule has 0 amide bonds. The van der Waals surface area contributed by atoms with Crippen LogP contribution in [0.15, 0.2) is 0 Å². The highest BCUT2D eigenvalue weighted by Gasteiger charge is 2.34. The van der Waals surface area contributed by atoms with Crippen LogP contribution in [0.1, 0.15) is 71.1 Å². The normalized spacial score (nSPS) is 33.0. The van der Waals surface area contributed by atoms with E-state index in [1.807, 2.05) is 0 Å². The van der Waals surface area contributed by atoms with Gasteiger partial charge in [-0.15, -0.1) is 0 Å². The van der Waals surface area contributed by atoms with Gasteiger partial charge in [0.05, 0.1) is 6.10 Å². The maximum atomic E-state index is 10.3. The predicted molar refractivity (Wildman–Crippen MR) is 92.0 cm³/mol. The summed E-state index contributed by atoms with van der Waals surface area (Å²) in [6.45, 7) is 5.94. The predicted octanol–water partition coefficient (Wildman–Crippen LogP) is 3.17. The second kappa shape index (κ2) is 8.12. The standard InChI is InChI=1S/C19H36N2O/c1-2-10-21-13-15(12-19(22)16-8-9-16)11-18(14-21)20-17-6-4-3-5-7-17/h15-20,22H,2-14H2,1H3. The Morgan fingerprint density at radius 1 is 1.05 bits per heavy atom. The maximum absolute atomic E-state index is 10.3. The summed E-state index contributed by atoms with van der Waals surface area (Å²) in [6, 6.07) is 1.41. The molecule has 22 heavy (non-hydrogen) atoms. The van der Waals surface area contributed by atoms with Crippen molar-refractivity contribution in [3.63, 3.8) is 0 Å². The van der Waals surface area contributed by atoms with Gasteiger partial charge in [-0.25, -0.2) is 0 Å². The number of nitrogens with zero attached hydrogens (tertiary/aromatic N) is 1. The van der Waals surface area contributed by atoms with Crippen LogP contribution in [0, 0.1) is 11.8 Å². The number of aliphatic hydroxyl groups is 1. The summed E-state index contributed by atoms with van der Waals surface area (Å²) in [4.78, 5) is 2.65. The first kappa shape index (κ1) is 16.7. The Bertz CT molecular complexity index is 325. The molecule has 2 saturated carbocycles. The molecule has 0 radical (unpaired) electrons. The Morgan fingerprint density at radius 2 is 1.82 bits per heavy atom.